The number of nitrogen functional groups attached to an aromatic ring is 1. The van der Waals surface area contributed by atoms with Crippen molar-refractivity contribution in [3.8, 4) is 0 Å². The summed E-state index contributed by atoms with van der Waals surface area (Å²) in [5, 5.41) is 7.21. The van der Waals surface area contributed by atoms with Crippen molar-refractivity contribution < 1.29 is 4.79 Å². The molecule has 1 aromatic carbocycles. The molecule has 5 nitrogen and oxygen atoms in total. The number of thioether (sulfide) groups is 1. The minimum Gasteiger partial charge on any atom is -0.399 e. The second-order valence-electron chi connectivity index (χ2n) is 5.02. The molecule has 0 aliphatic heterocycles. The van der Waals surface area contributed by atoms with Crippen molar-refractivity contribution in [2.75, 3.05) is 16.8 Å². The minimum atomic E-state index is -0.0336. The number of carbonyl (C=O) groups is 1. The first-order chi connectivity index (χ1) is 9.88. The Labute approximate surface area is 128 Å². The average molecular weight is 304 g/mol. The van der Waals surface area contributed by atoms with Crippen molar-refractivity contribution in [2.45, 2.75) is 25.7 Å². The predicted molar refractivity (Wildman–Crippen MR) is 87.6 cm³/mol. The maximum absolute atomic E-state index is 12.1. The van der Waals surface area contributed by atoms with E-state index in [1.54, 1.807) is 4.68 Å². The lowest BCUT2D eigenvalue weighted by Gasteiger charge is -2.07. The summed E-state index contributed by atoms with van der Waals surface area (Å²) < 4.78 is 1.77. The van der Waals surface area contributed by atoms with Crippen LogP contribution in [0.4, 0.5) is 11.4 Å². The highest BCUT2D eigenvalue weighted by molar-refractivity contribution is 8.00. The van der Waals surface area contributed by atoms with E-state index in [0.717, 1.165) is 33.2 Å². The number of rotatable bonds is 4. The van der Waals surface area contributed by atoms with E-state index >= 15 is 0 Å². The SMILES string of the molecule is Cc1cc(SCC(=O)Nc2c(C)nn(C)c2C)ccc1N. The van der Waals surface area contributed by atoms with Gasteiger partial charge in [0.25, 0.3) is 0 Å². The van der Waals surface area contributed by atoms with Gasteiger partial charge in [0.15, 0.2) is 0 Å². The second-order valence-corrected chi connectivity index (χ2v) is 6.07. The van der Waals surface area contributed by atoms with Gasteiger partial charge >= 0.3 is 0 Å². The summed E-state index contributed by atoms with van der Waals surface area (Å²) in [6, 6.07) is 5.79. The Morgan fingerprint density at radius 1 is 1.38 bits per heavy atom. The van der Waals surface area contributed by atoms with E-state index in [2.05, 4.69) is 10.4 Å². The highest BCUT2D eigenvalue weighted by Gasteiger charge is 2.12. The molecule has 0 aliphatic rings. The van der Waals surface area contributed by atoms with Gasteiger partial charge in [-0.25, -0.2) is 0 Å². The van der Waals surface area contributed by atoms with Crippen molar-refractivity contribution in [2.24, 2.45) is 7.05 Å². The molecule has 0 aliphatic carbocycles. The van der Waals surface area contributed by atoms with E-state index < -0.39 is 0 Å². The zero-order chi connectivity index (χ0) is 15.6. The van der Waals surface area contributed by atoms with E-state index in [4.69, 9.17) is 5.73 Å². The van der Waals surface area contributed by atoms with E-state index in [0.29, 0.717) is 5.75 Å². The average Bonchev–Trinajstić information content (AvgIpc) is 2.67. The molecule has 0 saturated heterocycles. The summed E-state index contributed by atoms with van der Waals surface area (Å²) in [6.07, 6.45) is 0. The Morgan fingerprint density at radius 3 is 2.67 bits per heavy atom. The number of hydrogen-bond acceptors (Lipinski definition) is 4. The fourth-order valence-electron chi connectivity index (χ4n) is 2.02. The third-order valence-corrected chi connectivity index (χ3v) is 4.38. The molecule has 1 aromatic heterocycles. The molecule has 0 saturated carbocycles. The van der Waals surface area contributed by atoms with Crippen LogP contribution < -0.4 is 11.1 Å². The quantitative estimate of drug-likeness (QED) is 0.673. The van der Waals surface area contributed by atoms with Crippen molar-refractivity contribution in [3.63, 3.8) is 0 Å². The first kappa shape index (κ1) is 15.4. The molecular formula is C15H20N4OS. The Morgan fingerprint density at radius 2 is 2.10 bits per heavy atom. The smallest absolute Gasteiger partial charge is 0.234 e. The highest BCUT2D eigenvalue weighted by Crippen LogP contribution is 2.23. The topological polar surface area (TPSA) is 72.9 Å². The van der Waals surface area contributed by atoms with Gasteiger partial charge in [0.2, 0.25) is 5.91 Å². The maximum atomic E-state index is 12.1. The van der Waals surface area contributed by atoms with Gasteiger partial charge in [-0.1, -0.05) is 0 Å². The van der Waals surface area contributed by atoms with Gasteiger partial charge in [-0.15, -0.1) is 11.8 Å². The number of carbonyl (C=O) groups excluding carboxylic acids is 1. The van der Waals surface area contributed by atoms with Crippen molar-refractivity contribution in [3.05, 3.63) is 35.2 Å². The summed E-state index contributed by atoms with van der Waals surface area (Å²) in [4.78, 5) is 13.1. The van der Waals surface area contributed by atoms with Gasteiger partial charge in [-0.3, -0.25) is 9.48 Å². The van der Waals surface area contributed by atoms with E-state index in [9.17, 15) is 4.79 Å². The van der Waals surface area contributed by atoms with Crippen LogP contribution in [-0.4, -0.2) is 21.4 Å². The molecule has 3 N–H and O–H groups in total. The number of benzene rings is 1. The predicted octanol–water partition coefficient (Wildman–Crippen LogP) is 2.66. The van der Waals surface area contributed by atoms with Crippen LogP contribution >= 0.6 is 11.8 Å². The molecule has 0 atom stereocenters. The first-order valence-electron chi connectivity index (χ1n) is 6.67. The maximum Gasteiger partial charge on any atom is 0.234 e. The molecule has 0 radical (unpaired) electrons. The summed E-state index contributed by atoms with van der Waals surface area (Å²) in [5.74, 6) is 0.325. The van der Waals surface area contributed by atoms with Crippen LogP contribution in [-0.2, 0) is 11.8 Å². The lowest BCUT2D eigenvalue weighted by molar-refractivity contribution is -0.113. The molecule has 2 aromatic rings. The van der Waals surface area contributed by atoms with Crippen LogP contribution in [0.1, 0.15) is 17.0 Å². The monoisotopic (exact) mass is 304 g/mol. The molecule has 0 spiro atoms. The Hall–Kier alpha value is -1.95. The first-order valence-corrected chi connectivity index (χ1v) is 7.66. The summed E-state index contributed by atoms with van der Waals surface area (Å²) in [6.45, 7) is 5.78. The number of aromatic nitrogens is 2. The van der Waals surface area contributed by atoms with Crippen LogP contribution in [0.25, 0.3) is 0 Å². The molecule has 0 fully saturated rings. The van der Waals surface area contributed by atoms with Crippen LogP contribution in [0.5, 0.6) is 0 Å². The fraction of sp³-hybridized carbons (Fsp3) is 0.333. The molecule has 21 heavy (non-hydrogen) atoms. The summed E-state index contributed by atoms with van der Waals surface area (Å²) in [7, 11) is 1.86. The van der Waals surface area contributed by atoms with Gasteiger partial charge in [0.05, 0.1) is 22.8 Å². The van der Waals surface area contributed by atoms with Gasteiger partial charge in [-0.2, -0.15) is 5.10 Å². The molecule has 1 heterocycles. The Kier molecular flexibility index (Phi) is 4.57. The summed E-state index contributed by atoms with van der Waals surface area (Å²) in [5.41, 5.74) is 10.2. The third-order valence-electron chi connectivity index (χ3n) is 3.38. The van der Waals surface area contributed by atoms with Crippen LogP contribution in [0.15, 0.2) is 23.1 Å². The Bertz CT molecular complexity index is 679. The third kappa shape index (κ3) is 3.58. The largest absolute Gasteiger partial charge is 0.399 e. The van der Waals surface area contributed by atoms with E-state index in [1.165, 1.54) is 11.8 Å². The molecule has 112 valence electrons. The van der Waals surface area contributed by atoms with Crippen molar-refractivity contribution in [1.29, 1.82) is 0 Å². The molecular weight excluding hydrogens is 284 g/mol. The molecule has 2 rings (SSSR count). The van der Waals surface area contributed by atoms with Crippen LogP contribution in [0, 0.1) is 20.8 Å². The second kappa shape index (κ2) is 6.22. The standard InChI is InChI=1S/C15H20N4OS/c1-9-7-12(5-6-13(9)16)21-8-14(20)17-15-10(2)18-19(4)11(15)3/h5-7H,8,16H2,1-4H3,(H,17,20). The highest BCUT2D eigenvalue weighted by atomic mass is 32.2. The van der Waals surface area contributed by atoms with Crippen molar-refractivity contribution in [1.82, 2.24) is 9.78 Å². The van der Waals surface area contributed by atoms with E-state index in [1.807, 2.05) is 46.0 Å². The lowest BCUT2D eigenvalue weighted by Crippen LogP contribution is -2.15. The van der Waals surface area contributed by atoms with E-state index in [-0.39, 0.29) is 5.91 Å². The van der Waals surface area contributed by atoms with Gasteiger partial charge in [0.1, 0.15) is 0 Å². The van der Waals surface area contributed by atoms with Crippen molar-refractivity contribution >= 4 is 29.0 Å². The number of nitrogens with two attached hydrogens (primary N) is 1. The number of amides is 1. The van der Waals surface area contributed by atoms with Gasteiger partial charge in [-0.05, 0) is 44.5 Å². The molecule has 1 amide bonds. The van der Waals surface area contributed by atoms with Crippen LogP contribution in [0.2, 0.25) is 0 Å². The normalized spacial score (nSPS) is 10.7. The zero-order valence-electron chi connectivity index (χ0n) is 12.7. The molecule has 0 unspecified atom stereocenters. The number of hydrogen-bond donors (Lipinski definition) is 2. The minimum absolute atomic E-state index is 0.0336. The lowest BCUT2D eigenvalue weighted by atomic mass is 10.2. The number of anilines is 2. The zero-order valence-corrected chi connectivity index (χ0v) is 13.5. The van der Waals surface area contributed by atoms with Crippen LogP contribution in [0.3, 0.4) is 0 Å². The number of nitrogens with one attached hydrogen (secondary N) is 1. The molecule has 0 bridgehead atoms. The summed E-state index contributed by atoms with van der Waals surface area (Å²) >= 11 is 1.49. The van der Waals surface area contributed by atoms with Gasteiger partial charge < -0.3 is 11.1 Å². The number of nitrogens with zero attached hydrogens (tertiary/aromatic N) is 2. The Balaban J connectivity index is 1.97. The number of aryl methyl sites for hydroxylation is 3. The van der Waals surface area contributed by atoms with Gasteiger partial charge in [0, 0.05) is 17.6 Å². The fourth-order valence-corrected chi connectivity index (χ4v) is 2.81. The molecule has 6 heteroatoms.